The maximum Gasteiger partial charge on any atom is 0.404 e. The minimum absolute atomic E-state index is 0.237. The van der Waals surface area contributed by atoms with E-state index < -0.39 is 23.2 Å². The van der Waals surface area contributed by atoms with Crippen LogP contribution in [0, 0.1) is 11.3 Å². The van der Waals surface area contributed by atoms with Crippen LogP contribution in [-0.2, 0) is 9.53 Å². The SMILES string of the molecule is CCC(CC(C)C)(C(=O)OC(C)(C)C)C(F)(F)F. The van der Waals surface area contributed by atoms with Gasteiger partial charge in [-0.05, 0) is 39.5 Å². The first-order valence-corrected chi connectivity index (χ1v) is 6.16. The first-order valence-electron chi connectivity index (χ1n) is 6.16. The molecule has 0 aromatic carbocycles. The van der Waals surface area contributed by atoms with Gasteiger partial charge in [0.15, 0.2) is 5.41 Å². The van der Waals surface area contributed by atoms with E-state index in [1.807, 2.05) is 0 Å². The van der Waals surface area contributed by atoms with Crippen LogP contribution in [0.25, 0.3) is 0 Å². The van der Waals surface area contributed by atoms with E-state index in [0.717, 1.165) is 0 Å². The minimum atomic E-state index is -4.59. The molecule has 0 amide bonds. The van der Waals surface area contributed by atoms with Gasteiger partial charge in [0.05, 0.1) is 0 Å². The molecular weight excluding hydrogens is 245 g/mol. The van der Waals surface area contributed by atoms with Gasteiger partial charge in [0, 0.05) is 0 Å². The molecule has 0 aromatic heterocycles. The van der Waals surface area contributed by atoms with Crippen molar-refractivity contribution in [3.8, 4) is 0 Å². The zero-order valence-electron chi connectivity index (χ0n) is 11.9. The van der Waals surface area contributed by atoms with Crippen molar-refractivity contribution in [3.63, 3.8) is 0 Å². The molecule has 2 nitrogen and oxygen atoms in total. The normalized spacial score (nSPS) is 16.6. The average Bonchev–Trinajstić information content (AvgIpc) is 2.08. The second-order valence-electron chi connectivity index (χ2n) is 6.03. The van der Waals surface area contributed by atoms with Gasteiger partial charge >= 0.3 is 12.1 Å². The Hall–Kier alpha value is -0.740. The second-order valence-corrected chi connectivity index (χ2v) is 6.03. The summed E-state index contributed by atoms with van der Waals surface area (Å²) in [5.41, 5.74) is -3.31. The first kappa shape index (κ1) is 17.3. The Morgan fingerprint density at radius 1 is 1.17 bits per heavy atom. The second kappa shape index (κ2) is 5.49. The van der Waals surface area contributed by atoms with Crippen LogP contribution in [0.3, 0.4) is 0 Å². The van der Waals surface area contributed by atoms with Crippen LogP contribution < -0.4 is 0 Å². The van der Waals surface area contributed by atoms with Crippen LogP contribution in [0.15, 0.2) is 0 Å². The summed E-state index contributed by atoms with van der Waals surface area (Å²) in [6, 6.07) is 0. The van der Waals surface area contributed by atoms with E-state index in [-0.39, 0.29) is 18.8 Å². The van der Waals surface area contributed by atoms with Crippen molar-refractivity contribution in [1.82, 2.24) is 0 Å². The molecule has 1 atom stereocenters. The maximum absolute atomic E-state index is 13.3. The Bertz CT molecular complexity index is 290. The number of hydrogen-bond donors (Lipinski definition) is 0. The molecule has 0 rings (SSSR count). The van der Waals surface area contributed by atoms with E-state index in [1.165, 1.54) is 6.92 Å². The van der Waals surface area contributed by atoms with E-state index in [2.05, 4.69) is 0 Å². The van der Waals surface area contributed by atoms with Crippen LogP contribution in [0.5, 0.6) is 0 Å². The number of rotatable bonds is 4. The quantitative estimate of drug-likeness (QED) is 0.709. The van der Waals surface area contributed by atoms with Crippen molar-refractivity contribution >= 4 is 5.97 Å². The van der Waals surface area contributed by atoms with E-state index in [9.17, 15) is 18.0 Å². The summed E-state index contributed by atoms with van der Waals surface area (Å²) < 4.78 is 44.7. The summed E-state index contributed by atoms with van der Waals surface area (Å²) in [4.78, 5) is 12.0. The summed E-state index contributed by atoms with van der Waals surface area (Å²) in [6.07, 6.45) is -5.14. The van der Waals surface area contributed by atoms with Gasteiger partial charge in [-0.15, -0.1) is 0 Å². The summed E-state index contributed by atoms with van der Waals surface area (Å²) in [5.74, 6) is -1.40. The zero-order chi connectivity index (χ0) is 14.8. The fraction of sp³-hybridized carbons (Fsp3) is 0.923. The fourth-order valence-corrected chi connectivity index (χ4v) is 1.88. The highest BCUT2D eigenvalue weighted by Crippen LogP contribution is 2.47. The van der Waals surface area contributed by atoms with Crippen LogP contribution in [0.2, 0.25) is 0 Å². The summed E-state index contributed by atoms with van der Waals surface area (Å²) in [7, 11) is 0. The largest absolute Gasteiger partial charge is 0.459 e. The van der Waals surface area contributed by atoms with Crippen molar-refractivity contribution < 1.29 is 22.7 Å². The van der Waals surface area contributed by atoms with Gasteiger partial charge in [0.25, 0.3) is 0 Å². The van der Waals surface area contributed by atoms with Crippen LogP contribution in [0.4, 0.5) is 13.2 Å². The van der Waals surface area contributed by atoms with Gasteiger partial charge in [0.1, 0.15) is 5.60 Å². The van der Waals surface area contributed by atoms with Crippen molar-refractivity contribution in [3.05, 3.63) is 0 Å². The van der Waals surface area contributed by atoms with Crippen LogP contribution in [0.1, 0.15) is 54.4 Å². The van der Waals surface area contributed by atoms with Gasteiger partial charge in [-0.1, -0.05) is 20.8 Å². The molecule has 0 saturated heterocycles. The third kappa shape index (κ3) is 4.18. The highest BCUT2D eigenvalue weighted by atomic mass is 19.4. The number of hydrogen-bond acceptors (Lipinski definition) is 2. The third-order valence-corrected chi connectivity index (χ3v) is 2.69. The van der Waals surface area contributed by atoms with E-state index >= 15 is 0 Å². The summed E-state index contributed by atoms with van der Waals surface area (Å²) >= 11 is 0. The number of halogens is 3. The van der Waals surface area contributed by atoms with Gasteiger partial charge in [-0.3, -0.25) is 4.79 Å². The molecule has 1 unspecified atom stereocenters. The number of carbonyl (C=O) groups excluding carboxylic acids is 1. The number of esters is 1. The van der Waals surface area contributed by atoms with Crippen molar-refractivity contribution in [2.45, 2.75) is 66.2 Å². The molecule has 5 heteroatoms. The Morgan fingerprint density at radius 2 is 1.61 bits per heavy atom. The van der Waals surface area contributed by atoms with Gasteiger partial charge in [0.2, 0.25) is 0 Å². The lowest BCUT2D eigenvalue weighted by molar-refractivity contribution is -0.245. The van der Waals surface area contributed by atoms with Crippen molar-refractivity contribution in [1.29, 1.82) is 0 Å². The Labute approximate surface area is 107 Å². The molecular formula is C13H23F3O2. The van der Waals surface area contributed by atoms with Gasteiger partial charge in [-0.25, -0.2) is 0 Å². The fourth-order valence-electron chi connectivity index (χ4n) is 1.88. The van der Waals surface area contributed by atoms with Crippen LogP contribution in [-0.4, -0.2) is 17.7 Å². The lowest BCUT2D eigenvalue weighted by atomic mass is 9.77. The molecule has 0 fully saturated rings. The monoisotopic (exact) mass is 268 g/mol. The molecule has 18 heavy (non-hydrogen) atoms. The van der Waals surface area contributed by atoms with E-state index in [4.69, 9.17) is 4.74 Å². The van der Waals surface area contributed by atoms with Crippen LogP contribution >= 0.6 is 0 Å². The number of carbonyl (C=O) groups is 1. The molecule has 0 heterocycles. The van der Waals surface area contributed by atoms with Crippen molar-refractivity contribution in [2.24, 2.45) is 11.3 Å². The predicted molar refractivity (Wildman–Crippen MR) is 64.1 cm³/mol. The molecule has 0 radical (unpaired) electrons. The van der Waals surface area contributed by atoms with E-state index in [0.29, 0.717) is 0 Å². The molecule has 0 aliphatic rings. The molecule has 0 N–H and O–H groups in total. The van der Waals surface area contributed by atoms with Crippen molar-refractivity contribution in [2.75, 3.05) is 0 Å². The standard InChI is InChI=1S/C13H23F3O2/c1-7-12(8-9(2)3,13(14,15)16)10(17)18-11(4,5)6/h9H,7-8H2,1-6H3. The first-order chi connectivity index (χ1) is 7.85. The highest BCUT2D eigenvalue weighted by Gasteiger charge is 2.60. The molecule has 0 saturated carbocycles. The lowest BCUT2D eigenvalue weighted by Crippen LogP contribution is -2.48. The Balaban J connectivity index is 5.39. The predicted octanol–water partition coefficient (Wildman–Crippen LogP) is 4.33. The molecule has 0 aliphatic carbocycles. The smallest absolute Gasteiger partial charge is 0.404 e. The lowest BCUT2D eigenvalue weighted by Gasteiger charge is -2.36. The minimum Gasteiger partial charge on any atom is -0.459 e. The Kier molecular flexibility index (Phi) is 5.27. The third-order valence-electron chi connectivity index (χ3n) is 2.69. The highest BCUT2D eigenvalue weighted by molar-refractivity contribution is 5.78. The molecule has 0 aliphatic heterocycles. The molecule has 0 bridgehead atoms. The topological polar surface area (TPSA) is 26.3 Å². The number of ether oxygens (including phenoxy) is 1. The average molecular weight is 268 g/mol. The van der Waals surface area contributed by atoms with Gasteiger partial charge < -0.3 is 4.74 Å². The number of alkyl halides is 3. The van der Waals surface area contributed by atoms with Gasteiger partial charge in [-0.2, -0.15) is 13.2 Å². The summed E-state index contributed by atoms with van der Waals surface area (Å²) in [6.45, 7) is 9.41. The molecule has 108 valence electrons. The Morgan fingerprint density at radius 3 is 1.83 bits per heavy atom. The zero-order valence-corrected chi connectivity index (χ0v) is 11.9. The van der Waals surface area contributed by atoms with E-state index in [1.54, 1.807) is 34.6 Å². The summed E-state index contributed by atoms with van der Waals surface area (Å²) in [5, 5.41) is 0. The molecule has 0 spiro atoms. The molecule has 0 aromatic rings. The maximum atomic E-state index is 13.3.